The topological polar surface area (TPSA) is 94.7 Å². The predicted octanol–water partition coefficient (Wildman–Crippen LogP) is 2.84. The van der Waals surface area contributed by atoms with E-state index in [1.165, 1.54) is 31.5 Å². The summed E-state index contributed by atoms with van der Waals surface area (Å²) in [6, 6.07) is 7.43. The van der Waals surface area contributed by atoms with Gasteiger partial charge in [0.1, 0.15) is 5.75 Å². The molecule has 0 aliphatic carbocycles. The smallest absolute Gasteiger partial charge is 0.315 e. The second kappa shape index (κ2) is 6.19. The number of ether oxygens (including phenoxy) is 2. The van der Waals surface area contributed by atoms with Crippen LogP contribution in [0.5, 0.6) is 17.4 Å². The Bertz CT molecular complexity index is 658. The Labute approximate surface area is 120 Å². The van der Waals surface area contributed by atoms with Crippen molar-refractivity contribution < 1.29 is 19.5 Å². The van der Waals surface area contributed by atoms with E-state index >= 15 is 0 Å². The second-order valence-corrected chi connectivity index (χ2v) is 4.30. The van der Waals surface area contributed by atoms with Crippen LogP contribution in [0.15, 0.2) is 36.5 Å². The van der Waals surface area contributed by atoms with Crippen molar-refractivity contribution in [1.29, 1.82) is 0 Å². The third-order valence-corrected chi connectivity index (χ3v) is 2.82. The first-order chi connectivity index (χ1) is 10.0. The predicted molar refractivity (Wildman–Crippen MR) is 74.6 cm³/mol. The highest BCUT2D eigenvalue weighted by molar-refractivity contribution is 5.52. The number of aliphatic hydroxyl groups is 1. The maximum atomic E-state index is 11.1. The Morgan fingerprint density at radius 1 is 1.33 bits per heavy atom. The van der Waals surface area contributed by atoms with E-state index in [9.17, 15) is 15.2 Å². The molecule has 2 rings (SSSR count). The first-order valence-electron chi connectivity index (χ1n) is 6.15. The Morgan fingerprint density at radius 3 is 2.71 bits per heavy atom. The van der Waals surface area contributed by atoms with Crippen LogP contribution >= 0.6 is 0 Å². The van der Waals surface area contributed by atoms with Crippen LogP contribution in [0.4, 0.5) is 5.69 Å². The number of hydrogen-bond acceptors (Lipinski definition) is 6. The molecule has 1 aromatic heterocycles. The maximum absolute atomic E-state index is 11.1. The van der Waals surface area contributed by atoms with Crippen LogP contribution in [-0.4, -0.2) is 22.1 Å². The van der Waals surface area contributed by atoms with Crippen LogP contribution < -0.4 is 9.47 Å². The summed E-state index contributed by atoms with van der Waals surface area (Å²) in [5.74, 6) is 0.581. The number of aromatic nitrogens is 1. The lowest BCUT2D eigenvalue weighted by atomic mass is 10.2. The third kappa shape index (κ3) is 3.46. The van der Waals surface area contributed by atoms with Crippen molar-refractivity contribution in [3.63, 3.8) is 0 Å². The summed E-state index contributed by atoms with van der Waals surface area (Å²) in [4.78, 5) is 14.5. The number of benzene rings is 1. The normalized spacial score (nSPS) is 11.8. The molecule has 1 heterocycles. The minimum absolute atomic E-state index is 0.0519. The summed E-state index contributed by atoms with van der Waals surface area (Å²) in [5.41, 5.74) is 0.384. The summed E-state index contributed by atoms with van der Waals surface area (Å²) < 4.78 is 10.4. The van der Waals surface area contributed by atoms with E-state index in [1.54, 1.807) is 19.1 Å². The van der Waals surface area contributed by atoms with Crippen molar-refractivity contribution in [3.05, 3.63) is 52.2 Å². The molecule has 21 heavy (non-hydrogen) atoms. The standard InChI is InChI=1S/C14H14N2O5/c1-9(17)10-5-6-15-14(7-10)21-13-4-3-11(20-2)8-12(13)16(18)19/h3-9,17H,1-2H3. The van der Waals surface area contributed by atoms with E-state index in [0.29, 0.717) is 11.3 Å². The molecule has 0 radical (unpaired) electrons. The monoisotopic (exact) mass is 290 g/mol. The van der Waals surface area contributed by atoms with Gasteiger partial charge in [-0.15, -0.1) is 0 Å². The van der Waals surface area contributed by atoms with Gasteiger partial charge in [-0.3, -0.25) is 10.1 Å². The highest BCUT2D eigenvalue weighted by Gasteiger charge is 2.18. The molecule has 0 aliphatic heterocycles. The lowest BCUT2D eigenvalue weighted by molar-refractivity contribution is -0.385. The average Bonchev–Trinajstić information content (AvgIpc) is 2.47. The van der Waals surface area contributed by atoms with Crippen LogP contribution in [0.3, 0.4) is 0 Å². The molecule has 1 unspecified atom stereocenters. The number of nitro benzene ring substituents is 1. The molecule has 0 amide bonds. The SMILES string of the molecule is COc1ccc(Oc2cc(C(C)O)ccn2)c([N+](=O)[O-])c1. The summed E-state index contributed by atoms with van der Waals surface area (Å²) >= 11 is 0. The second-order valence-electron chi connectivity index (χ2n) is 4.30. The van der Waals surface area contributed by atoms with Gasteiger partial charge >= 0.3 is 5.69 Å². The number of nitrogens with zero attached hydrogens (tertiary/aromatic N) is 2. The Balaban J connectivity index is 2.35. The third-order valence-electron chi connectivity index (χ3n) is 2.82. The first kappa shape index (κ1) is 14.7. The molecule has 110 valence electrons. The zero-order valence-electron chi connectivity index (χ0n) is 11.5. The fraction of sp³-hybridized carbons (Fsp3) is 0.214. The van der Waals surface area contributed by atoms with Gasteiger partial charge in [-0.2, -0.15) is 0 Å². The molecule has 1 N–H and O–H groups in total. The van der Waals surface area contributed by atoms with Crippen LogP contribution in [0.2, 0.25) is 0 Å². The van der Waals surface area contributed by atoms with E-state index in [1.807, 2.05) is 0 Å². The molecule has 0 saturated heterocycles. The van der Waals surface area contributed by atoms with Gasteiger partial charge in [-0.05, 0) is 30.7 Å². The number of hydrogen-bond donors (Lipinski definition) is 1. The quantitative estimate of drug-likeness (QED) is 0.672. The molecule has 0 aliphatic rings. The lowest BCUT2D eigenvalue weighted by Crippen LogP contribution is -1.97. The van der Waals surface area contributed by atoms with Crippen molar-refractivity contribution in [2.24, 2.45) is 0 Å². The number of pyridine rings is 1. The van der Waals surface area contributed by atoms with Gasteiger partial charge in [-0.25, -0.2) is 4.98 Å². The summed E-state index contributed by atoms with van der Waals surface area (Å²) in [6.45, 7) is 1.61. The van der Waals surface area contributed by atoms with Crippen molar-refractivity contribution in [2.45, 2.75) is 13.0 Å². The zero-order valence-corrected chi connectivity index (χ0v) is 11.5. The molecule has 0 fully saturated rings. The molecule has 0 bridgehead atoms. The maximum Gasteiger partial charge on any atom is 0.315 e. The van der Waals surface area contributed by atoms with Gasteiger partial charge in [0.2, 0.25) is 11.6 Å². The minimum Gasteiger partial charge on any atom is -0.496 e. The molecule has 7 nitrogen and oxygen atoms in total. The van der Waals surface area contributed by atoms with Crippen molar-refractivity contribution in [3.8, 4) is 17.4 Å². The first-order valence-corrected chi connectivity index (χ1v) is 6.15. The van der Waals surface area contributed by atoms with E-state index in [4.69, 9.17) is 9.47 Å². The van der Waals surface area contributed by atoms with Crippen LogP contribution in [-0.2, 0) is 0 Å². The Morgan fingerprint density at radius 2 is 2.10 bits per heavy atom. The molecule has 7 heteroatoms. The average molecular weight is 290 g/mol. The van der Waals surface area contributed by atoms with Crippen LogP contribution in [0, 0.1) is 10.1 Å². The van der Waals surface area contributed by atoms with Crippen molar-refractivity contribution >= 4 is 5.69 Å². The lowest BCUT2D eigenvalue weighted by Gasteiger charge is -2.09. The minimum atomic E-state index is -0.679. The molecular weight excluding hydrogens is 276 g/mol. The number of methoxy groups -OCH3 is 1. The van der Waals surface area contributed by atoms with Crippen LogP contribution in [0.25, 0.3) is 0 Å². The summed E-state index contributed by atoms with van der Waals surface area (Å²) in [6.07, 6.45) is 0.786. The fourth-order valence-electron chi connectivity index (χ4n) is 1.71. The van der Waals surface area contributed by atoms with Gasteiger partial charge in [0.15, 0.2) is 0 Å². The zero-order chi connectivity index (χ0) is 15.4. The van der Waals surface area contributed by atoms with Gasteiger partial charge < -0.3 is 14.6 Å². The fourth-order valence-corrected chi connectivity index (χ4v) is 1.71. The Kier molecular flexibility index (Phi) is 4.34. The molecule has 0 saturated carbocycles. The molecule has 1 aromatic carbocycles. The van der Waals surface area contributed by atoms with Crippen molar-refractivity contribution in [1.82, 2.24) is 4.98 Å². The number of rotatable bonds is 5. The Hall–Kier alpha value is -2.67. The number of aliphatic hydroxyl groups excluding tert-OH is 1. The highest BCUT2D eigenvalue weighted by Crippen LogP contribution is 2.34. The van der Waals surface area contributed by atoms with Gasteiger partial charge in [0.25, 0.3) is 0 Å². The summed E-state index contributed by atoms with van der Waals surface area (Å²) in [5, 5.41) is 20.6. The molecule has 0 spiro atoms. The van der Waals surface area contributed by atoms with E-state index < -0.39 is 11.0 Å². The van der Waals surface area contributed by atoms with Gasteiger partial charge in [-0.1, -0.05) is 0 Å². The highest BCUT2D eigenvalue weighted by atomic mass is 16.6. The number of nitro groups is 1. The van der Waals surface area contributed by atoms with Gasteiger partial charge in [0.05, 0.1) is 24.2 Å². The van der Waals surface area contributed by atoms with E-state index in [2.05, 4.69) is 4.98 Å². The summed E-state index contributed by atoms with van der Waals surface area (Å²) in [7, 11) is 1.42. The van der Waals surface area contributed by atoms with Crippen LogP contribution in [0.1, 0.15) is 18.6 Å². The largest absolute Gasteiger partial charge is 0.496 e. The van der Waals surface area contributed by atoms with Crippen molar-refractivity contribution in [2.75, 3.05) is 7.11 Å². The molecule has 2 aromatic rings. The van der Waals surface area contributed by atoms with Gasteiger partial charge in [0, 0.05) is 12.3 Å². The van der Waals surface area contributed by atoms with E-state index in [0.717, 1.165) is 0 Å². The molecular formula is C14H14N2O5. The van der Waals surface area contributed by atoms with E-state index in [-0.39, 0.29) is 17.3 Å². The molecule has 1 atom stereocenters.